The van der Waals surface area contributed by atoms with Gasteiger partial charge >= 0.3 is 0 Å². The third-order valence-electron chi connectivity index (χ3n) is 4.47. The third-order valence-corrected chi connectivity index (χ3v) is 4.47. The van der Waals surface area contributed by atoms with Gasteiger partial charge in [-0.2, -0.15) is 0 Å². The van der Waals surface area contributed by atoms with Crippen molar-refractivity contribution in [1.82, 2.24) is 4.90 Å². The maximum atomic E-state index is 12.7. The molecule has 0 radical (unpaired) electrons. The minimum Gasteiger partial charge on any atom is -0.382 e. The van der Waals surface area contributed by atoms with Gasteiger partial charge in [0.25, 0.3) is 11.8 Å². The van der Waals surface area contributed by atoms with E-state index in [9.17, 15) is 18.8 Å². The standard InChI is InChI=1S/C20H21FN2O4/c21-8-10-23-19(25)15-5-3-4-14-17(7-6-16(18(14)15)20(23)26)22-9-13-27-12-2-1-11-24/h3-7,11,22H,1-2,8-10,12-13H2. The van der Waals surface area contributed by atoms with Crippen molar-refractivity contribution in [3.05, 3.63) is 41.5 Å². The lowest BCUT2D eigenvalue weighted by atomic mass is 9.93. The summed E-state index contributed by atoms with van der Waals surface area (Å²) in [5, 5.41) is 4.62. The van der Waals surface area contributed by atoms with E-state index in [1.165, 1.54) is 0 Å². The summed E-state index contributed by atoms with van der Waals surface area (Å²) in [6.45, 7) is 0.543. The highest BCUT2D eigenvalue weighted by Crippen LogP contribution is 2.34. The zero-order valence-corrected chi connectivity index (χ0v) is 14.9. The number of nitrogens with one attached hydrogen (secondary N) is 1. The monoisotopic (exact) mass is 372 g/mol. The number of halogens is 1. The zero-order chi connectivity index (χ0) is 19.2. The predicted molar refractivity (Wildman–Crippen MR) is 99.9 cm³/mol. The van der Waals surface area contributed by atoms with E-state index < -0.39 is 18.5 Å². The summed E-state index contributed by atoms with van der Waals surface area (Å²) in [5.41, 5.74) is 1.61. The molecule has 0 spiro atoms. The van der Waals surface area contributed by atoms with E-state index in [0.717, 1.165) is 22.3 Å². The first-order valence-corrected chi connectivity index (χ1v) is 8.92. The molecule has 0 fully saturated rings. The smallest absolute Gasteiger partial charge is 0.261 e. The number of ether oxygens (including phenoxy) is 1. The molecule has 3 rings (SSSR count). The molecule has 2 aromatic rings. The number of rotatable bonds is 10. The van der Waals surface area contributed by atoms with Gasteiger partial charge in [0, 0.05) is 47.2 Å². The molecule has 2 amide bonds. The second-order valence-corrected chi connectivity index (χ2v) is 6.19. The molecule has 0 bridgehead atoms. The summed E-state index contributed by atoms with van der Waals surface area (Å²) < 4.78 is 18.2. The highest BCUT2D eigenvalue weighted by Gasteiger charge is 2.32. The minimum atomic E-state index is -0.769. The lowest BCUT2D eigenvalue weighted by molar-refractivity contribution is -0.108. The Morgan fingerprint density at radius 1 is 1.07 bits per heavy atom. The van der Waals surface area contributed by atoms with Crippen molar-refractivity contribution < 1.29 is 23.5 Å². The van der Waals surface area contributed by atoms with Crippen molar-refractivity contribution in [2.45, 2.75) is 12.8 Å². The zero-order valence-electron chi connectivity index (χ0n) is 14.9. The van der Waals surface area contributed by atoms with E-state index in [2.05, 4.69) is 5.32 Å². The van der Waals surface area contributed by atoms with Gasteiger partial charge < -0.3 is 14.8 Å². The summed E-state index contributed by atoms with van der Waals surface area (Å²) in [6, 6.07) is 8.71. The van der Waals surface area contributed by atoms with Gasteiger partial charge in [0.2, 0.25) is 0 Å². The number of carbonyl (C=O) groups is 3. The summed E-state index contributed by atoms with van der Waals surface area (Å²) in [7, 11) is 0. The molecule has 1 aliphatic rings. The molecule has 0 aromatic heterocycles. The van der Waals surface area contributed by atoms with Crippen molar-refractivity contribution in [1.29, 1.82) is 0 Å². The van der Waals surface area contributed by atoms with E-state index in [4.69, 9.17) is 4.74 Å². The Labute approximate surface area is 156 Å². The molecule has 0 atom stereocenters. The minimum absolute atomic E-state index is 0.241. The van der Waals surface area contributed by atoms with Gasteiger partial charge in [0.05, 0.1) is 13.2 Å². The molecule has 0 saturated carbocycles. The van der Waals surface area contributed by atoms with Crippen LogP contribution in [0.4, 0.5) is 10.1 Å². The topological polar surface area (TPSA) is 75.7 Å². The van der Waals surface area contributed by atoms with E-state index in [1.54, 1.807) is 24.3 Å². The molecule has 6 nitrogen and oxygen atoms in total. The van der Waals surface area contributed by atoms with Gasteiger partial charge in [-0.15, -0.1) is 0 Å². The predicted octanol–water partition coefficient (Wildman–Crippen LogP) is 2.81. The average Bonchev–Trinajstić information content (AvgIpc) is 2.69. The maximum Gasteiger partial charge on any atom is 0.261 e. The Bertz CT molecular complexity index is 846. The van der Waals surface area contributed by atoms with E-state index in [-0.39, 0.29) is 6.54 Å². The average molecular weight is 372 g/mol. The number of nitrogens with zero attached hydrogens (tertiary/aromatic N) is 1. The molecule has 142 valence electrons. The quantitative estimate of drug-likeness (QED) is 0.394. The van der Waals surface area contributed by atoms with Crippen LogP contribution < -0.4 is 5.32 Å². The molecule has 2 aromatic carbocycles. The van der Waals surface area contributed by atoms with Crippen LogP contribution in [0.15, 0.2) is 30.3 Å². The van der Waals surface area contributed by atoms with Crippen molar-refractivity contribution in [3.8, 4) is 0 Å². The molecular weight excluding hydrogens is 351 g/mol. The summed E-state index contributed by atoms with van der Waals surface area (Å²) in [5.74, 6) is -0.933. The van der Waals surface area contributed by atoms with Crippen molar-refractivity contribution in [2.75, 3.05) is 38.3 Å². The van der Waals surface area contributed by atoms with Crippen LogP contribution in [0.5, 0.6) is 0 Å². The fourth-order valence-corrected chi connectivity index (χ4v) is 3.22. The molecule has 1 heterocycles. The summed E-state index contributed by atoms with van der Waals surface area (Å²) in [6.07, 6.45) is 2.06. The van der Waals surface area contributed by atoms with Crippen LogP contribution in [0.3, 0.4) is 0 Å². The fraction of sp³-hybridized carbons (Fsp3) is 0.350. The van der Waals surface area contributed by atoms with Crippen LogP contribution in [0.25, 0.3) is 10.8 Å². The molecule has 1 aliphatic heterocycles. The fourth-order valence-electron chi connectivity index (χ4n) is 3.22. The van der Waals surface area contributed by atoms with E-state index in [1.807, 2.05) is 6.07 Å². The Morgan fingerprint density at radius 2 is 1.85 bits per heavy atom. The lowest BCUT2D eigenvalue weighted by Crippen LogP contribution is -2.41. The highest BCUT2D eigenvalue weighted by atomic mass is 19.1. The van der Waals surface area contributed by atoms with Crippen LogP contribution in [-0.2, 0) is 9.53 Å². The second kappa shape index (κ2) is 8.73. The van der Waals surface area contributed by atoms with Crippen molar-refractivity contribution in [2.24, 2.45) is 0 Å². The Morgan fingerprint density at radius 3 is 2.59 bits per heavy atom. The van der Waals surface area contributed by atoms with Gasteiger partial charge in [-0.25, -0.2) is 4.39 Å². The summed E-state index contributed by atoms with van der Waals surface area (Å²) >= 11 is 0. The number of benzene rings is 2. The molecule has 0 unspecified atom stereocenters. The van der Waals surface area contributed by atoms with Crippen molar-refractivity contribution >= 4 is 34.6 Å². The summed E-state index contributed by atoms with van der Waals surface area (Å²) in [4.78, 5) is 36.4. The van der Waals surface area contributed by atoms with Crippen LogP contribution >= 0.6 is 0 Å². The lowest BCUT2D eigenvalue weighted by Gasteiger charge is -2.27. The largest absolute Gasteiger partial charge is 0.382 e. The Hall–Kier alpha value is -2.80. The number of carbonyl (C=O) groups excluding carboxylic acids is 3. The van der Waals surface area contributed by atoms with Gasteiger partial charge in [-0.1, -0.05) is 12.1 Å². The number of hydrogen-bond donors (Lipinski definition) is 1. The third kappa shape index (κ3) is 3.83. The van der Waals surface area contributed by atoms with Crippen LogP contribution in [0, 0.1) is 0 Å². The molecule has 1 N–H and O–H groups in total. The first-order chi connectivity index (χ1) is 13.2. The number of unbranched alkanes of at least 4 members (excludes halogenated alkanes) is 1. The molecule has 0 aliphatic carbocycles. The number of aldehydes is 1. The number of amides is 2. The molecular formula is C20H21FN2O4. The van der Waals surface area contributed by atoms with Crippen LogP contribution in [0.2, 0.25) is 0 Å². The normalized spacial score (nSPS) is 13.3. The number of anilines is 1. The number of hydrogen-bond acceptors (Lipinski definition) is 5. The van der Waals surface area contributed by atoms with Gasteiger partial charge in [-0.05, 0) is 24.6 Å². The molecule has 7 heteroatoms. The van der Waals surface area contributed by atoms with Gasteiger partial charge in [-0.3, -0.25) is 14.5 Å². The molecule has 27 heavy (non-hydrogen) atoms. The number of alkyl halides is 1. The Balaban J connectivity index is 1.79. The molecule has 0 saturated heterocycles. The van der Waals surface area contributed by atoms with Crippen LogP contribution in [0.1, 0.15) is 33.6 Å². The highest BCUT2D eigenvalue weighted by molar-refractivity contribution is 6.26. The van der Waals surface area contributed by atoms with E-state index >= 15 is 0 Å². The van der Waals surface area contributed by atoms with Crippen LogP contribution in [-0.4, -0.2) is 56.0 Å². The maximum absolute atomic E-state index is 12.7. The first-order valence-electron chi connectivity index (χ1n) is 8.92. The number of imide groups is 1. The first kappa shape index (κ1) is 19.0. The SMILES string of the molecule is O=CCCCOCCNc1ccc2c3c(cccc13)C(=O)N(CCF)C2=O. The Kier molecular flexibility index (Phi) is 6.13. The van der Waals surface area contributed by atoms with Crippen molar-refractivity contribution in [3.63, 3.8) is 0 Å². The van der Waals surface area contributed by atoms with E-state index in [0.29, 0.717) is 49.1 Å². The van der Waals surface area contributed by atoms with Gasteiger partial charge in [0.1, 0.15) is 13.0 Å². The second-order valence-electron chi connectivity index (χ2n) is 6.19. The van der Waals surface area contributed by atoms with Gasteiger partial charge in [0.15, 0.2) is 0 Å².